The Morgan fingerprint density at radius 3 is 2.60 bits per heavy atom. The molecule has 1 aromatic carbocycles. The normalized spacial score (nSPS) is 15.1. The first-order valence-electron chi connectivity index (χ1n) is 8.88. The van der Waals surface area contributed by atoms with E-state index in [1.165, 1.54) is 11.3 Å². The van der Waals surface area contributed by atoms with Crippen LogP contribution in [0, 0.1) is 6.92 Å². The summed E-state index contributed by atoms with van der Waals surface area (Å²) < 4.78 is 5.54. The van der Waals surface area contributed by atoms with Crippen molar-refractivity contribution in [3.8, 4) is 5.88 Å². The molecule has 2 heterocycles. The predicted molar refractivity (Wildman–Crippen MR) is 99.5 cm³/mol. The zero-order valence-corrected chi connectivity index (χ0v) is 14.8. The fourth-order valence-electron chi connectivity index (χ4n) is 2.96. The summed E-state index contributed by atoms with van der Waals surface area (Å²) in [5.41, 5.74) is 2.56. The van der Waals surface area contributed by atoms with Crippen LogP contribution in [0.2, 0.25) is 0 Å². The smallest absolute Gasteiger partial charge is 0.234 e. The molecule has 0 spiro atoms. The Bertz CT molecular complexity index is 663. The molecule has 1 aromatic heterocycles. The number of aliphatic hydroxyl groups is 1. The van der Waals surface area contributed by atoms with Crippen LogP contribution in [0.25, 0.3) is 0 Å². The van der Waals surface area contributed by atoms with Crippen LogP contribution in [0.3, 0.4) is 0 Å². The van der Waals surface area contributed by atoms with E-state index < -0.39 is 0 Å². The third kappa shape index (κ3) is 4.82. The standard InChI is InChI=1S/C19H26N4O2/c1-16-4-6-17(7-5-16)22-8-2-9-23(11-10-22)18-14-20-15-19(21-18)25-13-3-12-24/h4-7,14-15,24H,2-3,8-13H2,1H3. The Hall–Kier alpha value is -2.34. The molecule has 6 heteroatoms. The Balaban J connectivity index is 1.62. The molecule has 1 saturated heterocycles. The summed E-state index contributed by atoms with van der Waals surface area (Å²) in [6, 6.07) is 8.72. The highest BCUT2D eigenvalue weighted by atomic mass is 16.5. The fourth-order valence-corrected chi connectivity index (χ4v) is 2.96. The van der Waals surface area contributed by atoms with Crippen molar-refractivity contribution >= 4 is 11.5 Å². The predicted octanol–water partition coefficient (Wildman–Crippen LogP) is 2.26. The topological polar surface area (TPSA) is 61.7 Å². The second-order valence-electron chi connectivity index (χ2n) is 6.30. The zero-order chi connectivity index (χ0) is 17.5. The summed E-state index contributed by atoms with van der Waals surface area (Å²) >= 11 is 0. The minimum atomic E-state index is 0.119. The van der Waals surface area contributed by atoms with E-state index in [0.29, 0.717) is 18.9 Å². The van der Waals surface area contributed by atoms with Crippen molar-refractivity contribution in [1.82, 2.24) is 9.97 Å². The molecule has 2 aromatic rings. The number of rotatable bonds is 6. The van der Waals surface area contributed by atoms with Gasteiger partial charge in [0.1, 0.15) is 0 Å². The van der Waals surface area contributed by atoms with Crippen LogP contribution >= 0.6 is 0 Å². The number of nitrogens with zero attached hydrogens (tertiary/aromatic N) is 4. The van der Waals surface area contributed by atoms with E-state index in [-0.39, 0.29) is 6.61 Å². The fraction of sp³-hybridized carbons (Fsp3) is 0.474. The van der Waals surface area contributed by atoms with Gasteiger partial charge in [0.2, 0.25) is 5.88 Å². The largest absolute Gasteiger partial charge is 0.476 e. The number of aryl methyl sites for hydroxylation is 1. The highest BCUT2D eigenvalue weighted by molar-refractivity contribution is 5.48. The van der Waals surface area contributed by atoms with Gasteiger partial charge in [-0.25, -0.2) is 0 Å². The van der Waals surface area contributed by atoms with Gasteiger partial charge in [-0.2, -0.15) is 4.98 Å². The average Bonchev–Trinajstić information content (AvgIpc) is 2.89. The van der Waals surface area contributed by atoms with Crippen LogP contribution in [-0.4, -0.2) is 54.5 Å². The molecule has 0 saturated carbocycles. The zero-order valence-electron chi connectivity index (χ0n) is 14.8. The maximum absolute atomic E-state index is 8.84. The molecule has 1 N–H and O–H groups in total. The van der Waals surface area contributed by atoms with Gasteiger partial charge in [0.15, 0.2) is 5.82 Å². The van der Waals surface area contributed by atoms with Crippen molar-refractivity contribution in [1.29, 1.82) is 0 Å². The van der Waals surface area contributed by atoms with Gasteiger partial charge in [0.05, 0.1) is 19.0 Å². The van der Waals surface area contributed by atoms with Gasteiger partial charge in [-0.15, -0.1) is 0 Å². The van der Waals surface area contributed by atoms with Gasteiger partial charge in [-0.05, 0) is 25.5 Å². The van der Waals surface area contributed by atoms with Gasteiger partial charge >= 0.3 is 0 Å². The summed E-state index contributed by atoms with van der Waals surface area (Å²) in [5, 5.41) is 8.84. The van der Waals surface area contributed by atoms with Gasteiger partial charge in [0.25, 0.3) is 0 Å². The molecule has 0 atom stereocenters. The van der Waals surface area contributed by atoms with Crippen LogP contribution in [0.15, 0.2) is 36.7 Å². The minimum absolute atomic E-state index is 0.119. The number of aliphatic hydroxyl groups excluding tert-OH is 1. The molecule has 0 radical (unpaired) electrons. The van der Waals surface area contributed by atoms with Gasteiger partial charge < -0.3 is 19.6 Å². The lowest BCUT2D eigenvalue weighted by atomic mass is 10.2. The SMILES string of the molecule is Cc1ccc(N2CCCN(c3cncc(OCCCO)n3)CC2)cc1. The molecule has 6 nitrogen and oxygen atoms in total. The summed E-state index contributed by atoms with van der Waals surface area (Å²) in [4.78, 5) is 13.5. The molecule has 1 fully saturated rings. The van der Waals surface area contributed by atoms with Gasteiger partial charge in [-0.3, -0.25) is 4.98 Å². The second-order valence-corrected chi connectivity index (χ2v) is 6.30. The highest BCUT2D eigenvalue weighted by Gasteiger charge is 2.17. The van der Waals surface area contributed by atoms with Crippen molar-refractivity contribution in [3.05, 3.63) is 42.2 Å². The van der Waals surface area contributed by atoms with Crippen molar-refractivity contribution in [2.45, 2.75) is 19.8 Å². The molecular weight excluding hydrogens is 316 g/mol. The van der Waals surface area contributed by atoms with Gasteiger partial charge in [0, 0.05) is 44.9 Å². The molecule has 1 aliphatic rings. The van der Waals surface area contributed by atoms with Crippen molar-refractivity contribution in [2.24, 2.45) is 0 Å². The number of anilines is 2. The van der Waals surface area contributed by atoms with E-state index >= 15 is 0 Å². The lowest BCUT2D eigenvalue weighted by molar-refractivity contribution is 0.229. The second kappa shape index (κ2) is 8.67. The van der Waals surface area contributed by atoms with E-state index in [0.717, 1.165) is 38.4 Å². The van der Waals surface area contributed by atoms with Crippen LogP contribution in [0.5, 0.6) is 5.88 Å². The monoisotopic (exact) mass is 342 g/mol. The van der Waals surface area contributed by atoms with E-state index in [1.54, 1.807) is 12.4 Å². The quantitative estimate of drug-likeness (QED) is 0.813. The van der Waals surface area contributed by atoms with E-state index in [2.05, 4.69) is 51.0 Å². The average molecular weight is 342 g/mol. The maximum Gasteiger partial charge on any atom is 0.234 e. The molecule has 134 valence electrons. The Kier molecular flexibility index (Phi) is 6.06. The lowest BCUT2D eigenvalue weighted by Gasteiger charge is -2.24. The third-order valence-electron chi connectivity index (χ3n) is 4.37. The van der Waals surface area contributed by atoms with Crippen LogP contribution < -0.4 is 14.5 Å². The number of ether oxygens (including phenoxy) is 1. The van der Waals surface area contributed by atoms with Crippen LogP contribution in [-0.2, 0) is 0 Å². The Labute approximate surface area is 149 Å². The first kappa shape index (κ1) is 17.5. The molecule has 0 unspecified atom stereocenters. The third-order valence-corrected chi connectivity index (χ3v) is 4.37. The van der Waals surface area contributed by atoms with E-state index in [9.17, 15) is 0 Å². The number of hydrogen-bond acceptors (Lipinski definition) is 6. The molecule has 0 bridgehead atoms. The molecular formula is C19H26N4O2. The van der Waals surface area contributed by atoms with E-state index in [4.69, 9.17) is 9.84 Å². The van der Waals surface area contributed by atoms with Crippen molar-refractivity contribution in [3.63, 3.8) is 0 Å². The Morgan fingerprint density at radius 1 is 1.04 bits per heavy atom. The van der Waals surface area contributed by atoms with Gasteiger partial charge in [-0.1, -0.05) is 17.7 Å². The molecule has 0 amide bonds. The van der Waals surface area contributed by atoms with Crippen molar-refractivity contribution in [2.75, 3.05) is 49.2 Å². The summed E-state index contributed by atoms with van der Waals surface area (Å²) in [5.74, 6) is 1.37. The summed E-state index contributed by atoms with van der Waals surface area (Å²) in [6.07, 6.45) is 5.09. The minimum Gasteiger partial charge on any atom is -0.476 e. The Morgan fingerprint density at radius 2 is 1.80 bits per heavy atom. The van der Waals surface area contributed by atoms with E-state index in [1.807, 2.05) is 0 Å². The van der Waals surface area contributed by atoms with Crippen LogP contribution in [0.1, 0.15) is 18.4 Å². The lowest BCUT2D eigenvalue weighted by Crippen LogP contribution is -2.31. The molecule has 25 heavy (non-hydrogen) atoms. The van der Waals surface area contributed by atoms with Crippen molar-refractivity contribution < 1.29 is 9.84 Å². The summed E-state index contributed by atoms with van der Waals surface area (Å²) in [6.45, 7) is 6.55. The molecule has 1 aliphatic heterocycles. The number of benzene rings is 1. The highest BCUT2D eigenvalue weighted by Crippen LogP contribution is 2.20. The first-order valence-corrected chi connectivity index (χ1v) is 8.88. The first-order chi connectivity index (χ1) is 12.3. The van der Waals surface area contributed by atoms with Crippen LogP contribution in [0.4, 0.5) is 11.5 Å². The maximum atomic E-state index is 8.84. The number of hydrogen-bond donors (Lipinski definition) is 1. The molecule has 3 rings (SSSR count). The molecule has 0 aliphatic carbocycles. The number of aromatic nitrogens is 2. The summed E-state index contributed by atoms with van der Waals surface area (Å²) in [7, 11) is 0.